The second-order valence-corrected chi connectivity index (χ2v) is 6.79. The number of rotatable bonds is 7. The molecule has 0 heterocycles. The summed E-state index contributed by atoms with van der Waals surface area (Å²) in [6.07, 6.45) is -4.57. The van der Waals surface area contributed by atoms with Crippen molar-refractivity contribution >= 4 is 17.6 Å². The van der Waals surface area contributed by atoms with Gasteiger partial charge in [0.2, 0.25) is 0 Å². The first kappa shape index (κ1) is 23.5. The van der Waals surface area contributed by atoms with Crippen molar-refractivity contribution in [1.29, 1.82) is 0 Å². The van der Waals surface area contributed by atoms with Gasteiger partial charge in [0, 0.05) is 12.1 Å². The SMILES string of the molecule is COc1ccc(C(F)(F)F)cc1NC(=O)NCc1ccccc1Oc1ccccc1C(N)=O. The summed E-state index contributed by atoms with van der Waals surface area (Å²) >= 11 is 0. The number of ether oxygens (including phenoxy) is 2. The van der Waals surface area contributed by atoms with Gasteiger partial charge in [-0.2, -0.15) is 13.2 Å². The molecule has 7 nitrogen and oxygen atoms in total. The number of amides is 3. The second-order valence-electron chi connectivity index (χ2n) is 6.79. The van der Waals surface area contributed by atoms with E-state index in [1.807, 2.05) is 0 Å². The Kier molecular flexibility index (Phi) is 7.07. The molecule has 0 atom stereocenters. The lowest BCUT2D eigenvalue weighted by Crippen LogP contribution is -2.28. The number of hydrogen-bond donors (Lipinski definition) is 3. The number of urea groups is 1. The Labute approximate surface area is 187 Å². The Morgan fingerprint density at radius 3 is 2.27 bits per heavy atom. The molecule has 0 saturated heterocycles. The van der Waals surface area contributed by atoms with Crippen LogP contribution >= 0.6 is 0 Å². The number of alkyl halides is 3. The van der Waals surface area contributed by atoms with E-state index in [1.54, 1.807) is 42.5 Å². The van der Waals surface area contributed by atoms with E-state index in [-0.39, 0.29) is 29.3 Å². The number of nitrogens with two attached hydrogens (primary N) is 1. The van der Waals surface area contributed by atoms with Crippen molar-refractivity contribution in [1.82, 2.24) is 5.32 Å². The van der Waals surface area contributed by atoms with Gasteiger partial charge in [-0.25, -0.2) is 4.79 Å². The van der Waals surface area contributed by atoms with Crippen molar-refractivity contribution in [2.45, 2.75) is 12.7 Å². The van der Waals surface area contributed by atoms with Gasteiger partial charge in [-0.05, 0) is 36.4 Å². The number of methoxy groups -OCH3 is 1. The standard InChI is InChI=1S/C23H20F3N3O4/c1-32-20-11-10-15(23(24,25)26)12-17(20)29-22(31)28-13-14-6-2-4-8-18(14)33-19-9-5-3-7-16(19)21(27)30/h2-12H,13H2,1H3,(H2,27,30)(H2,28,29,31). The average molecular weight is 459 g/mol. The molecular formula is C23H20F3N3O4. The predicted octanol–water partition coefficient (Wildman–Crippen LogP) is 4.93. The van der Waals surface area contributed by atoms with Crippen molar-refractivity contribution in [2.24, 2.45) is 5.73 Å². The number of nitrogens with one attached hydrogen (secondary N) is 2. The molecule has 0 radical (unpaired) electrons. The molecule has 3 amide bonds. The fourth-order valence-corrected chi connectivity index (χ4v) is 2.95. The van der Waals surface area contributed by atoms with Gasteiger partial charge in [-0.3, -0.25) is 4.79 Å². The summed E-state index contributed by atoms with van der Waals surface area (Å²) < 4.78 is 49.8. The minimum absolute atomic E-state index is 0.0119. The molecule has 3 aromatic carbocycles. The van der Waals surface area contributed by atoms with Crippen molar-refractivity contribution < 1.29 is 32.2 Å². The number of carbonyl (C=O) groups is 2. The Balaban J connectivity index is 1.73. The molecule has 0 aliphatic heterocycles. The van der Waals surface area contributed by atoms with E-state index in [1.165, 1.54) is 13.2 Å². The minimum atomic E-state index is -4.57. The molecule has 0 aliphatic carbocycles. The monoisotopic (exact) mass is 459 g/mol. The maximum absolute atomic E-state index is 13.0. The summed E-state index contributed by atoms with van der Waals surface area (Å²) in [5.74, 6) is 0.0271. The molecule has 0 fully saturated rings. The zero-order valence-corrected chi connectivity index (χ0v) is 17.4. The van der Waals surface area contributed by atoms with E-state index in [0.717, 1.165) is 18.2 Å². The van der Waals surface area contributed by atoms with E-state index in [0.29, 0.717) is 11.3 Å². The van der Waals surface area contributed by atoms with Crippen LogP contribution in [0.25, 0.3) is 0 Å². The Morgan fingerprint density at radius 1 is 0.939 bits per heavy atom. The molecule has 3 aromatic rings. The van der Waals surface area contributed by atoms with Gasteiger partial charge in [0.05, 0.1) is 23.9 Å². The van der Waals surface area contributed by atoms with E-state index in [9.17, 15) is 22.8 Å². The highest BCUT2D eigenvalue weighted by Gasteiger charge is 2.31. The van der Waals surface area contributed by atoms with E-state index >= 15 is 0 Å². The van der Waals surface area contributed by atoms with Crippen LogP contribution in [0.3, 0.4) is 0 Å². The number of halogens is 3. The van der Waals surface area contributed by atoms with Crippen LogP contribution in [-0.2, 0) is 12.7 Å². The molecule has 0 aromatic heterocycles. The molecule has 0 spiro atoms. The summed E-state index contributed by atoms with van der Waals surface area (Å²) in [5, 5.41) is 4.92. The van der Waals surface area contributed by atoms with Crippen LogP contribution in [0, 0.1) is 0 Å². The van der Waals surface area contributed by atoms with Gasteiger partial charge < -0.3 is 25.8 Å². The first-order chi connectivity index (χ1) is 15.7. The van der Waals surface area contributed by atoms with Crippen molar-refractivity contribution in [2.75, 3.05) is 12.4 Å². The smallest absolute Gasteiger partial charge is 0.416 e. The zero-order valence-electron chi connectivity index (χ0n) is 17.4. The molecule has 10 heteroatoms. The highest BCUT2D eigenvalue weighted by Crippen LogP contribution is 2.35. The van der Waals surface area contributed by atoms with Crippen LogP contribution in [0.2, 0.25) is 0 Å². The van der Waals surface area contributed by atoms with Crippen LogP contribution in [0.4, 0.5) is 23.7 Å². The summed E-state index contributed by atoms with van der Waals surface area (Å²) in [4.78, 5) is 24.0. The van der Waals surface area contributed by atoms with Crippen LogP contribution in [-0.4, -0.2) is 19.0 Å². The van der Waals surface area contributed by atoms with Gasteiger partial charge in [-0.1, -0.05) is 30.3 Å². The van der Waals surface area contributed by atoms with Crippen LogP contribution in [0.1, 0.15) is 21.5 Å². The molecule has 0 saturated carbocycles. The molecule has 33 heavy (non-hydrogen) atoms. The maximum atomic E-state index is 13.0. The number of primary amides is 1. The van der Waals surface area contributed by atoms with Crippen molar-refractivity contribution in [3.8, 4) is 17.2 Å². The lowest BCUT2D eigenvalue weighted by Gasteiger charge is -2.15. The molecule has 4 N–H and O–H groups in total. The third-order valence-corrected chi connectivity index (χ3v) is 4.56. The molecular weight excluding hydrogens is 439 g/mol. The van der Waals surface area contributed by atoms with Gasteiger partial charge in [0.15, 0.2) is 0 Å². The molecule has 172 valence electrons. The van der Waals surface area contributed by atoms with Gasteiger partial charge in [-0.15, -0.1) is 0 Å². The van der Waals surface area contributed by atoms with Crippen LogP contribution in [0.5, 0.6) is 17.2 Å². The topological polar surface area (TPSA) is 103 Å². The summed E-state index contributed by atoms with van der Waals surface area (Å²) in [5.41, 5.74) is 5.06. The molecule has 0 bridgehead atoms. The highest BCUT2D eigenvalue weighted by molar-refractivity contribution is 5.95. The normalized spacial score (nSPS) is 10.9. The van der Waals surface area contributed by atoms with Crippen molar-refractivity contribution in [3.63, 3.8) is 0 Å². The summed E-state index contributed by atoms with van der Waals surface area (Å²) in [6, 6.07) is 15.2. The number of para-hydroxylation sites is 2. The number of carbonyl (C=O) groups excluding carboxylic acids is 2. The second kappa shape index (κ2) is 9.94. The van der Waals surface area contributed by atoms with E-state index < -0.39 is 23.7 Å². The summed E-state index contributed by atoms with van der Waals surface area (Å²) in [6.45, 7) is -0.0119. The molecule has 3 rings (SSSR count). The van der Waals surface area contributed by atoms with Crippen LogP contribution < -0.4 is 25.8 Å². The highest BCUT2D eigenvalue weighted by atomic mass is 19.4. The average Bonchev–Trinajstić information content (AvgIpc) is 2.78. The van der Waals surface area contributed by atoms with Crippen molar-refractivity contribution in [3.05, 3.63) is 83.4 Å². The van der Waals surface area contributed by atoms with E-state index in [2.05, 4.69) is 10.6 Å². The first-order valence-corrected chi connectivity index (χ1v) is 9.63. The molecule has 0 unspecified atom stereocenters. The van der Waals surface area contributed by atoms with Crippen LogP contribution in [0.15, 0.2) is 66.7 Å². The number of anilines is 1. The lowest BCUT2D eigenvalue weighted by atomic mass is 10.1. The Hall–Kier alpha value is -4.21. The summed E-state index contributed by atoms with van der Waals surface area (Å²) in [7, 11) is 1.28. The fourth-order valence-electron chi connectivity index (χ4n) is 2.95. The molecule has 0 aliphatic rings. The maximum Gasteiger partial charge on any atom is 0.416 e. The van der Waals surface area contributed by atoms with Gasteiger partial charge in [0.25, 0.3) is 5.91 Å². The predicted molar refractivity (Wildman–Crippen MR) is 115 cm³/mol. The largest absolute Gasteiger partial charge is 0.495 e. The van der Waals surface area contributed by atoms with E-state index in [4.69, 9.17) is 15.2 Å². The first-order valence-electron chi connectivity index (χ1n) is 9.63. The number of hydrogen-bond acceptors (Lipinski definition) is 4. The lowest BCUT2D eigenvalue weighted by molar-refractivity contribution is -0.137. The zero-order chi connectivity index (χ0) is 24.0. The minimum Gasteiger partial charge on any atom is -0.495 e. The Bertz CT molecular complexity index is 1170. The van der Waals surface area contributed by atoms with Gasteiger partial charge in [0.1, 0.15) is 17.2 Å². The quantitative estimate of drug-likeness (QED) is 0.466. The third kappa shape index (κ3) is 5.94. The fraction of sp³-hybridized carbons (Fsp3) is 0.130. The Morgan fingerprint density at radius 2 is 1.61 bits per heavy atom. The third-order valence-electron chi connectivity index (χ3n) is 4.56. The number of benzene rings is 3. The van der Waals surface area contributed by atoms with Gasteiger partial charge >= 0.3 is 12.2 Å².